The molecule has 1 aromatic rings. The van der Waals surface area contributed by atoms with Crippen LogP contribution in [0.1, 0.15) is 32.3 Å². The van der Waals surface area contributed by atoms with Crippen LogP contribution >= 0.6 is 0 Å². The summed E-state index contributed by atoms with van der Waals surface area (Å²) >= 11 is 0. The zero-order valence-electron chi connectivity index (χ0n) is 11.0. The van der Waals surface area contributed by atoms with Gasteiger partial charge in [-0.25, -0.2) is 9.97 Å². The van der Waals surface area contributed by atoms with Crippen LogP contribution in [0.25, 0.3) is 0 Å². The van der Waals surface area contributed by atoms with E-state index in [-0.39, 0.29) is 0 Å². The smallest absolute Gasteiger partial charge is 0.134 e. The number of anilines is 2. The van der Waals surface area contributed by atoms with Gasteiger partial charge in [0.2, 0.25) is 0 Å². The SMILES string of the molecule is CCNc1ncnc(NCC(C)C2CC2)c1C. The molecule has 1 aliphatic carbocycles. The van der Waals surface area contributed by atoms with Crippen LogP contribution in [-0.2, 0) is 0 Å². The van der Waals surface area contributed by atoms with E-state index in [1.807, 2.05) is 0 Å². The van der Waals surface area contributed by atoms with Gasteiger partial charge >= 0.3 is 0 Å². The lowest BCUT2D eigenvalue weighted by molar-refractivity contribution is 0.535. The van der Waals surface area contributed by atoms with Gasteiger partial charge in [0.1, 0.15) is 18.0 Å². The first kappa shape index (κ1) is 12.1. The molecule has 2 rings (SSSR count). The molecule has 4 nitrogen and oxygen atoms in total. The Balaban J connectivity index is 1.96. The standard InChI is InChI=1S/C13H22N4/c1-4-14-12-10(3)13(17-8-16-12)15-7-9(2)11-5-6-11/h8-9,11H,4-7H2,1-3H3,(H2,14,15,16,17). The number of rotatable bonds is 6. The number of nitrogens with one attached hydrogen (secondary N) is 2. The number of hydrogen-bond acceptors (Lipinski definition) is 4. The molecule has 1 saturated carbocycles. The quantitative estimate of drug-likeness (QED) is 0.794. The van der Waals surface area contributed by atoms with Crippen molar-refractivity contribution in [3.63, 3.8) is 0 Å². The molecule has 1 atom stereocenters. The molecule has 17 heavy (non-hydrogen) atoms. The van der Waals surface area contributed by atoms with E-state index in [0.29, 0.717) is 0 Å². The third-order valence-electron chi connectivity index (χ3n) is 3.45. The third-order valence-corrected chi connectivity index (χ3v) is 3.45. The topological polar surface area (TPSA) is 49.8 Å². The summed E-state index contributed by atoms with van der Waals surface area (Å²) in [5.41, 5.74) is 1.11. The molecular weight excluding hydrogens is 212 g/mol. The molecule has 1 aliphatic rings. The summed E-state index contributed by atoms with van der Waals surface area (Å²) in [6.45, 7) is 8.34. The molecular formula is C13H22N4. The lowest BCUT2D eigenvalue weighted by Gasteiger charge is -2.15. The Hall–Kier alpha value is -1.32. The van der Waals surface area contributed by atoms with E-state index >= 15 is 0 Å². The van der Waals surface area contributed by atoms with Crippen LogP contribution < -0.4 is 10.6 Å². The fourth-order valence-corrected chi connectivity index (χ4v) is 2.06. The van der Waals surface area contributed by atoms with E-state index in [4.69, 9.17) is 0 Å². The molecule has 0 aromatic carbocycles. The lowest BCUT2D eigenvalue weighted by Crippen LogP contribution is -2.15. The Labute approximate surface area is 103 Å². The summed E-state index contributed by atoms with van der Waals surface area (Å²) < 4.78 is 0. The molecule has 0 aliphatic heterocycles. The van der Waals surface area contributed by atoms with Gasteiger partial charge < -0.3 is 10.6 Å². The van der Waals surface area contributed by atoms with Gasteiger partial charge in [0, 0.05) is 18.7 Å². The summed E-state index contributed by atoms with van der Waals surface area (Å²) in [5.74, 6) is 3.57. The molecule has 4 heteroatoms. The van der Waals surface area contributed by atoms with Crippen molar-refractivity contribution >= 4 is 11.6 Å². The highest BCUT2D eigenvalue weighted by Crippen LogP contribution is 2.36. The Morgan fingerprint density at radius 3 is 2.53 bits per heavy atom. The second-order valence-corrected chi connectivity index (χ2v) is 4.92. The van der Waals surface area contributed by atoms with Crippen molar-refractivity contribution in [1.29, 1.82) is 0 Å². The van der Waals surface area contributed by atoms with Gasteiger partial charge in [-0.1, -0.05) is 6.92 Å². The van der Waals surface area contributed by atoms with Crippen LogP contribution in [-0.4, -0.2) is 23.1 Å². The average Bonchev–Trinajstić information content (AvgIpc) is 3.14. The predicted molar refractivity (Wildman–Crippen MR) is 71.3 cm³/mol. The number of nitrogens with zero attached hydrogens (tertiary/aromatic N) is 2. The first-order chi connectivity index (χ1) is 8.22. The van der Waals surface area contributed by atoms with Crippen molar-refractivity contribution in [3.8, 4) is 0 Å². The zero-order chi connectivity index (χ0) is 12.3. The summed E-state index contributed by atoms with van der Waals surface area (Å²) in [6.07, 6.45) is 4.41. The van der Waals surface area contributed by atoms with E-state index < -0.39 is 0 Å². The second-order valence-electron chi connectivity index (χ2n) is 4.92. The first-order valence-corrected chi connectivity index (χ1v) is 6.51. The number of aromatic nitrogens is 2. The zero-order valence-corrected chi connectivity index (χ0v) is 11.0. The Morgan fingerprint density at radius 1 is 1.29 bits per heavy atom. The molecule has 1 aromatic heterocycles. The average molecular weight is 234 g/mol. The Morgan fingerprint density at radius 2 is 1.94 bits per heavy atom. The molecule has 1 heterocycles. The van der Waals surface area contributed by atoms with E-state index in [0.717, 1.165) is 42.1 Å². The molecule has 1 unspecified atom stereocenters. The van der Waals surface area contributed by atoms with Crippen LogP contribution in [0.15, 0.2) is 6.33 Å². The summed E-state index contributed by atoms with van der Waals surface area (Å²) in [7, 11) is 0. The van der Waals surface area contributed by atoms with Gasteiger partial charge in [-0.05, 0) is 38.5 Å². The molecule has 2 N–H and O–H groups in total. The third kappa shape index (κ3) is 3.08. The van der Waals surface area contributed by atoms with Crippen LogP contribution in [0.2, 0.25) is 0 Å². The highest BCUT2D eigenvalue weighted by Gasteiger charge is 2.27. The van der Waals surface area contributed by atoms with E-state index in [1.165, 1.54) is 12.8 Å². The van der Waals surface area contributed by atoms with Gasteiger partial charge in [0.05, 0.1) is 0 Å². The lowest BCUT2D eigenvalue weighted by atomic mass is 10.1. The van der Waals surface area contributed by atoms with Gasteiger partial charge in [0.25, 0.3) is 0 Å². The normalized spacial score (nSPS) is 16.6. The number of hydrogen-bond donors (Lipinski definition) is 2. The van der Waals surface area contributed by atoms with Crippen LogP contribution in [0, 0.1) is 18.8 Å². The Kier molecular flexibility index (Phi) is 3.82. The molecule has 0 spiro atoms. The van der Waals surface area contributed by atoms with Crippen molar-refractivity contribution in [2.75, 3.05) is 23.7 Å². The molecule has 1 fully saturated rings. The second kappa shape index (κ2) is 5.34. The highest BCUT2D eigenvalue weighted by atomic mass is 15.1. The molecule has 0 radical (unpaired) electrons. The summed E-state index contributed by atoms with van der Waals surface area (Å²) in [6, 6.07) is 0. The van der Waals surface area contributed by atoms with Crippen LogP contribution in [0.4, 0.5) is 11.6 Å². The summed E-state index contributed by atoms with van der Waals surface area (Å²) in [5, 5.41) is 6.69. The van der Waals surface area contributed by atoms with E-state index in [2.05, 4.69) is 41.4 Å². The van der Waals surface area contributed by atoms with E-state index in [9.17, 15) is 0 Å². The molecule has 0 bridgehead atoms. The predicted octanol–water partition coefficient (Wildman–Crippen LogP) is 2.67. The van der Waals surface area contributed by atoms with Gasteiger partial charge in [-0.2, -0.15) is 0 Å². The maximum atomic E-state index is 4.31. The van der Waals surface area contributed by atoms with Gasteiger partial charge in [0.15, 0.2) is 0 Å². The molecule has 0 saturated heterocycles. The van der Waals surface area contributed by atoms with Gasteiger partial charge in [-0.3, -0.25) is 0 Å². The maximum Gasteiger partial charge on any atom is 0.134 e. The molecule has 0 amide bonds. The Bertz CT molecular complexity index is 374. The molecule has 94 valence electrons. The fraction of sp³-hybridized carbons (Fsp3) is 0.692. The highest BCUT2D eigenvalue weighted by molar-refractivity contribution is 5.56. The van der Waals surface area contributed by atoms with Gasteiger partial charge in [-0.15, -0.1) is 0 Å². The maximum absolute atomic E-state index is 4.31. The van der Waals surface area contributed by atoms with Crippen molar-refractivity contribution in [1.82, 2.24) is 9.97 Å². The van der Waals surface area contributed by atoms with Crippen LogP contribution in [0.5, 0.6) is 0 Å². The minimum atomic E-state index is 0.743. The van der Waals surface area contributed by atoms with Crippen LogP contribution in [0.3, 0.4) is 0 Å². The first-order valence-electron chi connectivity index (χ1n) is 6.51. The van der Waals surface area contributed by atoms with Crippen molar-refractivity contribution in [2.45, 2.75) is 33.6 Å². The van der Waals surface area contributed by atoms with Crippen molar-refractivity contribution < 1.29 is 0 Å². The monoisotopic (exact) mass is 234 g/mol. The van der Waals surface area contributed by atoms with Crippen molar-refractivity contribution in [2.24, 2.45) is 11.8 Å². The van der Waals surface area contributed by atoms with Crippen molar-refractivity contribution in [3.05, 3.63) is 11.9 Å². The minimum absolute atomic E-state index is 0.743. The largest absolute Gasteiger partial charge is 0.370 e. The van der Waals surface area contributed by atoms with E-state index in [1.54, 1.807) is 6.33 Å². The minimum Gasteiger partial charge on any atom is -0.370 e. The summed E-state index contributed by atoms with van der Waals surface area (Å²) in [4.78, 5) is 8.55. The fourth-order valence-electron chi connectivity index (χ4n) is 2.06.